The zero-order valence-electron chi connectivity index (χ0n) is 17.7. The predicted molar refractivity (Wildman–Crippen MR) is 113 cm³/mol. The maximum atomic E-state index is 9.87. The number of nitrogens with one attached hydrogen (secondary N) is 2. The smallest absolute Gasteiger partial charge is 0.0897 e. The molecule has 0 aromatic heterocycles. The summed E-state index contributed by atoms with van der Waals surface area (Å²) in [6, 6.07) is 8.33. The molecular weight excluding hydrogens is 356 g/mol. The fourth-order valence-corrected chi connectivity index (χ4v) is 2.59. The van der Waals surface area contributed by atoms with Gasteiger partial charge in [0.1, 0.15) is 0 Å². The van der Waals surface area contributed by atoms with E-state index in [1.54, 1.807) is 0 Å². The molecule has 6 heteroatoms. The molecule has 0 saturated carbocycles. The minimum atomic E-state index is -0.474. The van der Waals surface area contributed by atoms with E-state index in [1.807, 2.05) is 0 Å². The summed E-state index contributed by atoms with van der Waals surface area (Å²) in [6.45, 7) is 8.91. The number of ether oxygens (including phenoxy) is 2. The maximum Gasteiger partial charge on any atom is 0.0897 e. The SMILES string of the molecule is CCCCOCC(O)CNCc1ccc(CNCC(O)COCCCC)cc1. The van der Waals surface area contributed by atoms with E-state index >= 15 is 0 Å². The molecule has 0 aliphatic carbocycles. The van der Waals surface area contributed by atoms with Crippen LogP contribution in [-0.4, -0.2) is 61.9 Å². The molecular formula is C22H40N2O4. The molecule has 0 fully saturated rings. The largest absolute Gasteiger partial charge is 0.389 e. The lowest BCUT2D eigenvalue weighted by Crippen LogP contribution is -2.30. The fourth-order valence-electron chi connectivity index (χ4n) is 2.59. The highest BCUT2D eigenvalue weighted by molar-refractivity contribution is 5.22. The molecule has 4 N–H and O–H groups in total. The first-order valence-corrected chi connectivity index (χ1v) is 10.7. The van der Waals surface area contributed by atoms with E-state index in [2.05, 4.69) is 48.7 Å². The second kappa shape index (κ2) is 16.9. The average molecular weight is 397 g/mol. The summed E-state index contributed by atoms with van der Waals surface area (Å²) < 4.78 is 10.8. The molecule has 162 valence electrons. The third-order valence-corrected chi connectivity index (χ3v) is 4.35. The highest BCUT2D eigenvalue weighted by Crippen LogP contribution is 2.04. The lowest BCUT2D eigenvalue weighted by atomic mass is 10.1. The molecule has 0 heterocycles. The first kappa shape index (κ1) is 25.0. The van der Waals surface area contributed by atoms with Crippen molar-refractivity contribution in [3.05, 3.63) is 35.4 Å². The van der Waals surface area contributed by atoms with Crippen molar-refractivity contribution >= 4 is 0 Å². The molecule has 1 rings (SSSR count). The van der Waals surface area contributed by atoms with E-state index in [4.69, 9.17) is 9.47 Å². The molecule has 0 amide bonds. The lowest BCUT2D eigenvalue weighted by Gasteiger charge is -2.13. The molecule has 2 atom stereocenters. The molecule has 28 heavy (non-hydrogen) atoms. The third kappa shape index (κ3) is 13.2. The van der Waals surface area contributed by atoms with Crippen molar-refractivity contribution in [2.24, 2.45) is 0 Å². The van der Waals surface area contributed by atoms with Crippen molar-refractivity contribution in [1.29, 1.82) is 0 Å². The lowest BCUT2D eigenvalue weighted by molar-refractivity contribution is 0.0357. The van der Waals surface area contributed by atoms with Gasteiger partial charge in [-0.1, -0.05) is 51.0 Å². The van der Waals surface area contributed by atoms with Gasteiger partial charge in [0.25, 0.3) is 0 Å². The number of unbranched alkanes of at least 4 members (excludes halogenated alkanes) is 2. The second-order valence-corrected chi connectivity index (χ2v) is 7.24. The summed E-state index contributed by atoms with van der Waals surface area (Å²) in [5, 5.41) is 26.2. The number of aliphatic hydroxyl groups is 2. The van der Waals surface area contributed by atoms with Crippen LogP contribution in [0.3, 0.4) is 0 Å². The highest BCUT2D eigenvalue weighted by atomic mass is 16.5. The standard InChI is InChI=1S/C22H40N2O4/c1-3-5-11-27-17-21(25)15-23-13-19-7-9-20(10-8-19)14-24-16-22(26)18-28-12-6-4-2/h7-10,21-26H,3-6,11-18H2,1-2H3. The van der Waals surface area contributed by atoms with Crippen LogP contribution in [0.1, 0.15) is 50.7 Å². The van der Waals surface area contributed by atoms with Gasteiger partial charge >= 0.3 is 0 Å². The molecule has 0 aliphatic rings. The molecule has 2 unspecified atom stereocenters. The number of benzene rings is 1. The highest BCUT2D eigenvalue weighted by Gasteiger charge is 2.05. The van der Waals surface area contributed by atoms with Crippen LogP contribution in [0.15, 0.2) is 24.3 Å². The minimum Gasteiger partial charge on any atom is -0.389 e. The second-order valence-electron chi connectivity index (χ2n) is 7.24. The number of rotatable bonds is 18. The number of hydrogen-bond donors (Lipinski definition) is 4. The first-order valence-electron chi connectivity index (χ1n) is 10.7. The van der Waals surface area contributed by atoms with Gasteiger partial charge in [0.05, 0.1) is 25.4 Å². The molecule has 0 aliphatic heterocycles. The molecule has 0 spiro atoms. The van der Waals surface area contributed by atoms with E-state index in [-0.39, 0.29) is 0 Å². The van der Waals surface area contributed by atoms with Crippen LogP contribution in [0.5, 0.6) is 0 Å². The van der Waals surface area contributed by atoms with E-state index in [1.165, 1.54) is 11.1 Å². The Morgan fingerprint density at radius 2 is 1.14 bits per heavy atom. The van der Waals surface area contributed by atoms with Crippen molar-refractivity contribution < 1.29 is 19.7 Å². The van der Waals surface area contributed by atoms with Crippen LogP contribution < -0.4 is 10.6 Å². The van der Waals surface area contributed by atoms with Crippen molar-refractivity contribution in [3.63, 3.8) is 0 Å². The summed E-state index contributed by atoms with van der Waals surface area (Å²) >= 11 is 0. The van der Waals surface area contributed by atoms with Gasteiger partial charge in [-0.15, -0.1) is 0 Å². The molecule has 0 bridgehead atoms. The molecule has 1 aromatic rings. The van der Waals surface area contributed by atoms with Crippen molar-refractivity contribution in [2.45, 2.75) is 64.8 Å². The topological polar surface area (TPSA) is 83.0 Å². The van der Waals surface area contributed by atoms with Gasteiger partial charge in [0.15, 0.2) is 0 Å². The van der Waals surface area contributed by atoms with Crippen LogP contribution in [0.2, 0.25) is 0 Å². The van der Waals surface area contributed by atoms with Crippen molar-refractivity contribution in [2.75, 3.05) is 39.5 Å². The zero-order chi connectivity index (χ0) is 20.5. The summed E-state index contributed by atoms with van der Waals surface area (Å²) in [6.07, 6.45) is 3.33. The van der Waals surface area contributed by atoms with Crippen molar-refractivity contribution in [1.82, 2.24) is 10.6 Å². The van der Waals surface area contributed by atoms with Crippen LogP contribution >= 0.6 is 0 Å². The fraction of sp³-hybridized carbons (Fsp3) is 0.727. The first-order chi connectivity index (χ1) is 13.7. The Bertz CT molecular complexity index is 427. The van der Waals surface area contributed by atoms with Crippen molar-refractivity contribution in [3.8, 4) is 0 Å². The van der Waals surface area contributed by atoms with Crippen LogP contribution in [0.25, 0.3) is 0 Å². The quantitative estimate of drug-likeness (QED) is 0.285. The molecule has 0 saturated heterocycles. The third-order valence-electron chi connectivity index (χ3n) is 4.35. The maximum absolute atomic E-state index is 9.87. The summed E-state index contributed by atoms with van der Waals surface area (Å²) in [4.78, 5) is 0. The molecule has 0 radical (unpaired) electrons. The zero-order valence-corrected chi connectivity index (χ0v) is 17.7. The molecule has 6 nitrogen and oxygen atoms in total. The van der Waals surface area contributed by atoms with E-state index in [9.17, 15) is 10.2 Å². The Labute approximate surface area is 170 Å². The monoisotopic (exact) mass is 396 g/mol. The molecule has 1 aromatic carbocycles. The van der Waals surface area contributed by atoms with E-state index in [0.717, 1.165) is 25.7 Å². The van der Waals surface area contributed by atoms with Gasteiger partial charge in [-0.05, 0) is 24.0 Å². The summed E-state index contributed by atoms with van der Waals surface area (Å²) in [7, 11) is 0. The number of aliphatic hydroxyl groups excluding tert-OH is 2. The predicted octanol–water partition coefficient (Wildman–Crippen LogP) is 2.22. The number of hydrogen-bond acceptors (Lipinski definition) is 6. The normalized spacial score (nSPS) is 13.6. The van der Waals surface area contributed by atoms with Crippen LogP contribution in [0, 0.1) is 0 Å². The Kier molecular flexibility index (Phi) is 15.1. The Morgan fingerprint density at radius 1 is 0.750 bits per heavy atom. The Balaban J connectivity index is 2.11. The Morgan fingerprint density at radius 3 is 1.50 bits per heavy atom. The van der Waals surface area contributed by atoms with E-state index in [0.29, 0.717) is 52.6 Å². The van der Waals surface area contributed by atoms with Gasteiger partial charge in [0.2, 0.25) is 0 Å². The van der Waals surface area contributed by atoms with Gasteiger partial charge in [-0.2, -0.15) is 0 Å². The summed E-state index contributed by atoms with van der Waals surface area (Å²) in [5.41, 5.74) is 2.35. The van der Waals surface area contributed by atoms with Gasteiger partial charge in [0, 0.05) is 39.4 Å². The van der Waals surface area contributed by atoms with E-state index < -0.39 is 12.2 Å². The average Bonchev–Trinajstić information content (AvgIpc) is 2.70. The van der Waals surface area contributed by atoms with Gasteiger partial charge in [-0.3, -0.25) is 0 Å². The van der Waals surface area contributed by atoms with Gasteiger partial charge in [-0.25, -0.2) is 0 Å². The summed E-state index contributed by atoms with van der Waals surface area (Å²) in [5.74, 6) is 0. The Hall–Kier alpha value is -1.02. The minimum absolute atomic E-state index is 0.382. The van der Waals surface area contributed by atoms with Crippen LogP contribution in [-0.2, 0) is 22.6 Å². The van der Waals surface area contributed by atoms with Gasteiger partial charge < -0.3 is 30.3 Å². The van der Waals surface area contributed by atoms with Crippen LogP contribution in [0.4, 0.5) is 0 Å².